The summed E-state index contributed by atoms with van der Waals surface area (Å²) >= 11 is 0. The van der Waals surface area contributed by atoms with Crippen LogP contribution in [0.2, 0.25) is 0 Å². The van der Waals surface area contributed by atoms with Crippen molar-refractivity contribution in [1.29, 1.82) is 0 Å². The highest BCUT2D eigenvalue weighted by Crippen LogP contribution is 1.75. The maximum Gasteiger partial charge on any atom is 0.184 e. The Balaban J connectivity index is 2.34. The van der Waals surface area contributed by atoms with Crippen LogP contribution in [0.5, 0.6) is 0 Å². The van der Waals surface area contributed by atoms with Crippen molar-refractivity contribution in [3.8, 4) is 0 Å². The second kappa shape index (κ2) is 4.83. The lowest BCUT2D eigenvalue weighted by atomic mass is 10.5. The average Bonchev–Trinajstić information content (AvgIpc) is 1.61. The first kappa shape index (κ1) is 5.83. The maximum absolute atomic E-state index is 4.87. The van der Waals surface area contributed by atoms with Crippen LogP contribution >= 0.6 is 0 Å². The minimum absolute atomic E-state index is 0.605. The van der Waals surface area contributed by atoms with Gasteiger partial charge in [-0.15, -0.1) is 0 Å². The SMILES string of the molecule is [CH2+]COCCC. The molecular formula is C5H11O+. The van der Waals surface area contributed by atoms with E-state index in [9.17, 15) is 0 Å². The summed E-state index contributed by atoms with van der Waals surface area (Å²) in [6.07, 6.45) is 1.09. The lowest BCUT2D eigenvalue weighted by molar-refractivity contribution is 0.161. The lowest BCUT2D eigenvalue weighted by Crippen LogP contribution is -1.89. The minimum atomic E-state index is 0.605. The zero-order valence-corrected chi connectivity index (χ0v) is 4.24. The van der Waals surface area contributed by atoms with Crippen LogP contribution in [0.3, 0.4) is 0 Å². The highest BCUT2D eigenvalue weighted by Gasteiger charge is 1.77. The van der Waals surface area contributed by atoms with Crippen LogP contribution in [0.25, 0.3) is 0 Å². The lowest BCUT2D eigenvalue weighted by Gasteiger charge is -1.87. The Kier molecular flexibility index (Phi) is 4.69. The molecule has 0 aliphatic heterocycles. The maximum atomic E-state index is 4.87. The Morgan fingerprint density at radius 2 is 2.33 bits per heavy atom. The molecule has 0 unspecified atom stereocenters. The first-order valence-electron chi connectivity index (χ1n) is 2.28. The van der Waals surface area contributed by atoms with E-state index in [4.69, 9.17) is 4.74 Å². The summed E-state index contributed by atoms with van der Waals surface area (Å²) in [5, 5.41) is 0. The summed E-state index contributed by atoms with van der Waals surface area (Å²) < 4.78 is 4.87. The molecule has 0 aromatic rings. The number of hydrogen-bond donors (Lipinski definition) is 0. The van der Waals surface area contributed by atoms with Gasteiger partial charge in [-0.3, -0.25) is 0 Å². The summed E-state index contributed by atoms with van der Waals surface area (Å²) in [4.78, 5) is 0. The molecule has 0 atom stereocenters. The molecule has 0 N–H and O–H groups in total. The van der Waals surface area contributed by atoms with Crippen molar-refractivity contribution < 1.29 is 4.74 Å². The van der Waals surface area contributed by atoms with Gasteiger partial charge in [-0.1, -0.05) is 6.92 Å². The Labute approximate surface area is 39.3 Å². The van der Waals surface area contributed by atoms with Crippen LogP contribution in [-0.4, -0.2) is 13.2 Å². The third-order valence-electron chi connectivity index (χ3n) is 0.493. The van der Waals surface area contributed by atoms with Gasteiger partial charge in [0.25, 0.3) is 0 Å². The Morgan fingerprint density at radius 3 is 2.50 bits per heavy atom. The Bertz CT molecular complexity index is 15.9. The van der Waals surface area contributed by atoms with Crippen LogP contribution in [-0.2, 0) is 4.74 Å². The van der Waals surface area contributed by atoms with Gasteiger partial charge in [-0.05, 0) is 6.42 Å². The van der Waals surface area contributed by atoms with E-state index in [1.54, 1.807) is 0 Å². The van der Waals surface area contributed by atoms with Gasteiger partial charge in [0.1, 0.15) is 0 Å². The van der Waals surface area contributed by atoms with E-state index < -0.39 is 0 Å². The summed E-state index contributed by atoms with van der Waals surface area (Å²) in [6.45, 7) is 7.04. The summed E-state index contributed by atoms with van der Waals surface area (Å²) in [6, 6.07) is 0. The topological polar surface area (TPSA) is 9.23 Å². The fourth-order valence-corrected chi connectivity index (χ4v) is 0.246. The van der Waals surface area contributed by atoms with Crippen LogP contribution in [0.15, 0.2) is 0 Å². The molecule has 0 radical (unpaired) electrons. The van der Waals surface area contributed by atoms with E-state index >= 15 is 0 Å². The van der Waals surface area contributed by atoms with Crippen molar-refractivity contribution >= 4 is 0 Å². The van der Waals surface area contributed by atoms with Crippen molar-refractivity contribution in [2.24, 2.45) is 0 Å². The van der Waals surface area contributed by atoms with Gasteiger partial charge < -0.3 is 4.74 Å². The molecule has 1 nitrogen and oxygen atoms in total. The standard InChI is InChI=1S/C5H11O/c1-3-5-6-4-2/h2-5H2,1H3/q+1. The molecule has 0 aliphatic rings. The third kappa shape index (κ3) is 3.83. The van der Waals surface area contributed by atoms with Crippen molar-refractivity contribution in [3.63, 3.8) is 0 Å². The van der Waals surface area contributed by atoms with E-state index in [1.807, 2.05) is 0 Å². The van der Waals surface area contributed by atoms with E-state index in [1.165, 1.54) is 0 Å². The average molecular weight is 87.1 g/mol. The molecule has 0 saturated heterocycles. The molecule has 0 fully saturated rings. The van der Waals surface area contributed by atoms with Gasteiger partial charge in [0, 0.05) is 0 Å². The van der Waals surface area contributed by atoms with Gasteiger partial charge in [0.15, 0.2) is 6.61 Å². The first-order valence-corrected chi connectivity index (χ1v) is 2.28. The van der Waals surface area contributed by atoms with Crippen molar-refractivity contribution in [2.45, 2.75) is 13.3 Å². The zero-order valence-electron chi connectivity index (χ0n) is 4.24. The molecule has 0 saturated carbocycles. The predicted octanol–water partition coefficient (Wildman–Crippen LogP) is 1.25. The highest BCUT2D eigenvalue weighted by atomic mass is 16.5. The van der Waals surface area contributed by atoms with Crippen molar-refractivity contribution in [1.82, 2.24) is 0 Å². The van der Waals surface area contributed by atoms with E-state index in [0.717, 1.165) is 13.0 Å². The second-order valence-electron chi connectivity index (χ2n) is 1.11. The normalized spacial score (nSPS) is 8.83. The van der Waals surface area contributed by atoms with Gasteiger partial charge in [0.05, 0.1) is 13.5 Å². The first-order chi connectivity index (χ1) is 2.91. The fraction of sp³-hybridized carbons (Fsp3) is 0.800. The molecule has 0 aromatic carbocycles. The van der Waals surface area contributed by atoms with Crippen molar-refractivity contribution in [3.05, 3.63) is 6.92 Å². The quantitative estimate of drug-likeness (QED) is 0.372. The Morgan fingerprint density at radius 1 is 1.67 bits per heavy atom. The molecule has 0 spiro atoms. The molecule has 0 aromatic heterocycles. The monoisotopic (exact) mass is 87.1 g/mol. The molecule has 0 heterocycles. The van der Waals surface area contributed by atoms with Crippen LogP contribution in [0, 0.1) is 6.92 Å². The third-order valence-corrected chi connectivity index (χ3v) is 0.493. The van der Waals surface area contributed by atoms with Crippen molar-refractivity contribution in [2.75, 3.05) is 13.2 Å². The van der Waals surface area contributed by atoms with Gasteiger partial charge >= 0.3 is 0 Å². The summed E-state index contributed by atoms with van der Waals surface area (Å²) in [5.74, 6) is 0. The minimum Gasteiger partial charge on any atom is -0.340 e. The van der Waals surface area contributed by atoms with Gasteiger partial charge in [-0.25, -0.2) is 0 Å². The van der Waals surface area contributed by atoms with E-state index in [-0.39, 0.29) is 0 Å². The summed E-state index contributed by atoms with van der Waals surface area (Å²) in [5.41, 5.74) is 0. The van der Waals surface area contributed by atoms with E-state index in [2.05, 4.69) is 13.8 Å². The molecule has 0 rings (SSSR count). The van der Waals surface area contributed by atoms with Gasteiger partial charge in [0.2, 0.25) is 0 Å². The molecule has 36 valence electrons. The molecule has 0 aliphatic carbocycles. The van der Waals surface area contributed by atoms with Crippen LogP contribution in [0.1, 0.15) is 13.3 Å². The number of hydrogen-bond acceptors (Lipinski definition) is 1. The van der Waals surface area contributed by atoms with E-state index in [0.29, 0.717) is 6.61 Å². The number of rotatable bonds is 3. The molecule has 0 bridgehead atoms. The smallest absolute Gasteiger partial charge is 0.184 e. The van der Waals surface area contributed by atoms with Crippen LogP contribution < -0.4 is 0 Å². The highest BCUT2D eigenvalue weighted by molar-refractivity contribution is 4.28. The summed E-state index contributed by atoms with van der Waals surface area (Å²) in [7, 11) is 0. The largest absolute Gasteiger partial charge is 0.340 e. The molecular weight excluding hydrogens is 76.1 g/mol. The Hall–Kier alpha value is -0.170. The number of ether oxygens (including phenoxy) is 1. The second-order valence-corrected chi connectivity index (χ2v) is 1.11. The molecule has 0 amide bonds. The molecule has 6 heavy (non-hydrogen) atoms. The predicted molar refractivity (Wildman–Crippen MR) is 26.5 cm³/mol. The van der Waals surface area contributed by atoms with Crippen LogP contribution in [0.4, 0.5) is 0 Å². The zero-order chi connectivity index (χ0) is 4.83. The fourth-order valence-electron chi connectivity index (χ4n) is 0.246. The molecule has 1 heteroatoms. The van der Waals surface area contributed by atoms with Gasteiger partial charge in [-0.2, -0.15) is 0 Å².